The van der Waals surface area contributed by atoms with Crippen LogP contribution in [0.5, 0.6) is 0 Å². The second-order valence-corrected chi connectivity index (χ2v) is 8.07. The maximum absolute atomic E-state index is 11.9. The molecule has 1 aliphatic carbocycles. The fourth-order valence-electron chi connectivity index (χ4n) is 3.32. The van der Waals surface area contributed by atoms with Gasteiger partial charge in [0, 0.05) is 6.54 Å². The molecule has 0 aromatic carbocycles. The first-order valence-corrected chi connectivity index (χ1v) is 8.13. The van der Waals surface area contributed by atoms with Crippen LogP contribution in [0.4, 0.5) is 4.79 Å². The zero-order valence-corrected chi connectivity index (χ0v) is 13.7. The van der Waals surface area contributed by atoms with E-state index in [1.807, 2.05) is 27.7 Å². The van der Waals surface area contributed by atoms with Crippen LogP contribution in [0.1, 0.15) is 30.8 Å². The van der Waals surface area contributed by atoms with Crippen LogP contribution in [-0.2, 0) is 10.2 Å². The number of ether oxygens (including phenoxy) is 1. The van der Waals surface area contributed by atoms with Gasteiger partial charge in [0.25, 0.3) is 0 Å². The Hall–Kier alpha value is -1.21. The summed E-state index contributed by atoms with van der Waals surface area (Å²) in [6.07, 6.45) is -0.360. The van der Waals surface area contributed by atoms with E-state index in [-0.39, 0.29) is 11.5 Å². The van der Waals surface area contributed by atoms with E-state index in [9.17, 15) is 4.79 Å². The first-order valence-electron chi connectivity index (χ1n) is 7.31. The molecule has 21 heavy (non-hydrogen) atoms. The Kier molecular flexibility index (Phi) is 3.44. The molecule has 1 aromatic rings. The number of piperidine rings is 1. The number of carbonyl (C=O) groups excluding carboxylic acids is 1. The summed E-state index contributed by atoms with van der Waals surface area (Å²) in [6, 6.07) is 0. The van der Waals surface area contributed by atoms with Gasteiger partial charge in [-0.15, -0.1) is 21.5 Å². The van der Waals surface area contributed by atoms with Crippen LogP contribution in [0.25, 0.3) is 0 Å². The molecule has 1 unspecified atom stereocenters. The van der Waals surface area contributed by atoms with Crippen molar-refractivity contribution in [3.8, 4) is 0 Å². The molecule has 0 bridgehead atoms. The highest BCUT2D eigenvalue weighted by Crippen LogP contribution is 2.61. The van der Waals surface area contributed by atoms with Gasteiger partial charge in [-0.05, 0) is 52.6 Å². The van der Waals surface area contributed by atoms with Gasteiger partial charge >= 0.3 is 6.09 Å². The highest BCUT2D eigenvalue weighted by molar-refractivity contribution is 7.11. The Morgan fingerprint density at radius 2 is 2.10 bits per heavy atom. The van der Waals surface area contributed by atoms with Crippen LogP contribution >= 0.6 is 11.3 Å². The van der Waals surface area contributed by atoms with Crippen LogP contribution in [0.3, 0.4) is 0 Å². The second kappa shape index (κ2) is 4.91. The van der Waals surface area contributed by atoms with Gasteiger partial charge in [-0.25, -0.2) is 4.79 Å². The Morgan fingerprint density at radius 1 is 1.43 bits per heavy atom. The summed E-state index contributed by atoms with van der Waals surface area (Å²) in [5, 5.41) is 16.8. The second-order valence-electron chi connectivity index (χ2n) is 6.89. The molecule has 1 saturated heterocycles. The third-order valence-corrected chi connectivity index (χ3v) is 5.31. The minimum absolute atomic E-state index is 0.0475. The summed E-state index contributed by atoms with van der Waals surface area (Å²) in [5.74, 6) is 1.08. The first kappa shape index (κ1) is 14.7. The van der Waals surface area contributed by atoms with E-state index in [0.29, 0.717) is 18.4 Å². The molecule has 2 aliphatic rings. The molecule has 3 atom stereocenters. The summed E-state index contributed by atoms with van der Waals surface area (Å²) >= 11 is 1.64. The maximum atomic E-state index is 11.9. The van der Waals surface area contributed by atoms with Gasteiger partial charge in [-0.3, -0.25) is 0 Å². The van der Waals surface area contributed by atoms with Crippen molar-refractivity contribution in [2.24, 2.45) is 11.8 Å². The van der Waals surface area contributed by atoms with E-state index in [1.54, 1.807) is 11.3 Å². The lowest BCUT2D eigenvalue weighted by Gasteiger charge is -2.23. The molecule has 3 rings (SSSR count). The van der Waals surface area contributed by atoms with Crippen LogP contribution in [0.15, 0.2) is 0 Å². The van der Waals surface area contributed by atoms with Crippen LogP contribution < -0.4 is 10.6 Å². The van der Waals surface area contributed by atoms with Gasteiger partial charge in [0.05, 0.1) is 5.41 Å². The Balaban J connectivity index is 1.70. The minimum atomic E-state index is -0.475. The maximum Gasteiger partial charge on any atom is 0.407 e. The molecule has 2 fully saturated rings. The molecule has 6 nitrogen and oxygen atoms in total. The molecule has 1 amide bonds. The Labute approximate surface area is 128 Å². The zero-order chi connectivity index (χ0) is 15.3. The minimum Gasteiger partial charge on any atom is -0.444 e. The third kappa shape index (κ3) is 2.64. The average Bonchev–Trinajstić information content (AvgIpc) is 2.77. The number of hydrogen-bond acceptors (Lipinski definition) is 6. The number of aromatic nitrogens is 2. The van der Waals surface area contributed by atoms with Gasteiger partial charge in [0.2, 0.25) is 0 Å². The molecule has 2 N–H and O–H groups in total. The van der Waals surface area contributed by atoms with Crippen molar-refractivity contribution >= 4 is 17.4 Å². The quantitative estimate of drug-likeness (QED) is 0.884. The molecule has 1 aliphatic heterocycles. The largest absolute Gasteiger partial charge is 0.444 e. The molecule has 1 saturated carbocycles. The molecule has 0 spiro atoms. The number of hydrogen-bond donors (Lipinski definition) is 2. The van der Waals surface area contributed by atoms with E-state index in [1.165, 1.54) is 0 Å². The molecule has 7 heteroatoms. The number of nitrogens with zero attached hydrogens (tertiary/aromatic N) is 2. The fourth-order valence-corrected chi connectivity index (χ4v) is 4.33. The van der Waals surface area contributed by atoms with Crippen LogP contribution in [0.2, 0.25) is 0 Å². The molecule has 1 aromatic heterocycles. The summed E-state index contributed by atoms with van der Waals surface area (Å²) in [6.45, 7) is 10.1. The van der Waals surface area contributed by atoms with Gasteiger partial charge in [-0.2, -0.15) is 0 Å². The van der Waals surface area contributed by atoms with Crippen molar-refractivity contribution in [3.63, 3.8) is 0 Å². The topological polar surface area (TPSA) is 76.1 Å². The van der Waals surface area contributed by atoms with Crippen molar-refractivity contribution in [2.45, 2.75) is 38.7 Å². The number of aryl methyl sites for hydroxylation is 1. The standard InChI is InChI=1S/C14H22N4O2S/c1-8-17-18-11(21-8)14(9-5-15-6-10(9)14)7-16-12(19)20-13(2,3)4/h9-10,15H,5-7H2,1-4H3,(H,16,19)/t9-,10+,14?. The molecular weight excluding hydrogens is 288 g/mol. The van der Waals surface area contributed by atoms with E-state index < -0.39 is 5.60 Å². The molecule has 0 radical (unpaired) electrons. The SMILES string of the molecule is Cc1nnc(C2(CNC(=O)OC(C)(C)C)[C@@H]3CNC[C@@H]32)s1. The summed E-state index contributed by atoms with van der Waals surface area (Å²) in [5.41, 5.74) is -0.522. The predicted octanol–water partition coefficient (Wildman–Crippen LogP) is 1.46. The van der Waals surface area contributed by atoms with E-state index in [2.05, 4.69) is 20.8 Å². The highest BCUT2D eigenvalue weighted by atomic mass is 32.1. The van der Waals surface area contributed by atoms with E-state index >= 15 is 0 Å². The third-order valence-electron chi connectivity index (χ3n) is 4.28. The van der Waals surface area contributed by atoms with E-state index in [0.717, 1.165) is 23.1 Å². The lowest BCUT2D eigenvalue weighted by atomic mass is 10.0. The van der Waals surface area contributed by atoms with E-state index in [4.69, 9.17) is 4.74 Å². The van der Waals surface area contributed by atoms with Crippen LogP contribution in [0, 0.1) is 18.8 Å². The van der Waals surface area contributed by atoms with Crippen LogP contribution in [-0.4, -0.2) is 41.5 Å². The van der Waals surface area contributed by atoms with Crippen molar-refractivity contribution in [2.75, 3.05) is 19.6 Å². The Bertz CT molecular complexity index is 541. The zero-order valence-electron chi connectivity index (χ0n) is 12.9. The lowest BCUT2D eigenvalue weighted by Crippen LogP contribution is -2.40. The smallest absolute Gasteiger partial charge is 0.407 e. The van der Waals surface area contributed by atoms with Gasteiger partial charge in [0.15, 0.2) is 0 Å². The number of carbonyl (C=O) groups is 1. The number of rotatable bonds is 3. The molecule has 116 valence electrons. The van der Waals surface area contributed by atoms with Crippen molar-refractivity contribution in [1.29, 1.82) is 0 Å². The average molecular weight is 310 g/mol. The van der Waals surface area contributed by atoms with Gasteiger partial charge in [0.1, 0.15) is 15.6 Å². The number of alkyl carbamates (subject to hydrolysis) is 1. The number of amides is 1. The first-order chi connectivity index (χ1) is 9.83. The highest BCUT2D eigenvalue weighted by Gasteiger charge is 2.68. The fraction of sp³-hybridized carbons (Fsp3) is 0.786. The van der Waals surface area contributed by atoms with Gasteiger partial charge < -0.3 is 15.4 Å². The normalized spacial score (nSPS) is 30.9. The summed E-state index contributed by atoms with van der Waals surface area (Å²) in [7, 11) is 0. The Morgan fingerprint density at radius 3 is 2.62 bits per heavy atom. The van der Waals surface area contributed by atoms with Crippen molar-refractivity contribution < 1.29 is 9.53 Å². The molecular formula is C14H22N4O2S. The van der Waals surface area contributed by atoms with Gasteiger partial charge in [-0.1, -0.05) is 0 Å². The molecule has 2 heterocycles. The monoisotopic (exact) mass is 310 g/mol. The predicted molar refractivity (Wildman–Crippen MR) is 80.4 cm³/mol. The lowest BCUT2D eigenvalue weighted by molar-refractivity contribution is 0.0520. The summed E-state index contributed by atoms with van der Waals surface area (Å²) < 4.78 is 5.33. The number of nitrogens with one attached hydrogen (secondary N) is 2. The number of fused-ring (bicyclic) bond motifs is 1. The van der Waals surface area contributed by atoms with Crippen molar-refractivity contribution in [3.05, 3.63) is 10.0 Å². The van der Waals surface area contributed by atoms with Crippen molar-refractivity contribution in [1.82, 2.24) is 20.8 Å². The summed E-state index contributed by atoms with van der Waals surface area (Å²) in [4.78, 5) is 11.9.